The zero-order valence-electron chi connectivity index (χ0n) is 14.1. The molecule has 0 unspecified atom stereocenters. The second kappa shape index (κ2) is 7.29. The summed E-state index contributed by atoms with van der Waals surface area (Å²) in [6.45, 7) is 3.62. The summed E-state index contributed by atoms with van der Waals surface area (Å²) in [7, 11) is 1.63. The largest absolute Gasteiger partial charge is 0.495 e. The van der Waals surface area contributed by atoms with Gasteiger partial charge in [0.1, 0.15) is 23.6 Å². The molecule has 6 heteroatoms. The number of aromatic nitrogens is 2. The van der Waals surface area contributed by atoms with E-state index in [-0.39, 0.29) is 5.91 Å². The molecule has 1 saturated heterocycles. The van der Waals surface area contributed by atoms with Gasteiger partial charge >= 0.3 is 0 Å². The Morgan fingerprint density at radius 2 is 1.96 bits per heavy atom. The maximum Gasteiger partial charge on any atom is 0.272 e. The number of aryl methyl sites for hydroxylation is 1. The van der Waals surface area contributed by atoms with Gasteiger partial charge in [0.05, 0.1) is 12.8 Å². The number of hydrogen-bond donors (Lipinski definition) is 1. The second-order valence-electron chi connectivity index (χ2n) is 5.97. The van der Waals surface area contributed by atoms with Gasteiger partial charge in [-0.1, -0.05) is 6.07 Å². The lowest BCUT2D eigenvalue weighted by Gasteiger charge is -2.26. The number of likely N-dealkylation sites (tertiary alicyclic amines) is 1. The Balaban J connectivity index is 1.80. The zero-order chi connectivity index (χ0) is 16.9. The number of hydrogen-bond acceptors (Lipinski definition) is 5. The highest BCUT2D eigenvalue weighted by Gasteiger charge is 2.19. The molecule has 1 aromatic heterocycles. The van der Waals surface area contributed by atoms with Crippen molar-refractivity contribution in [2.75, 3.05) is 25.5 Å². The van der Waals surface area contributed by atoms with Crippen molar-refractivity contribution < 1.29 is 9.53 Å². The Kier molecular flexibility index (Phi) is 4.93. The quantitative estimate of drug-likeness (QED) is 0.935. The van der Waals surface area contributed by atoms with Gasteiger partial charge in [-0.05, 0) is 43.9 Å². The second-order valence-corrected chi connectivity index (χ2v) is 5.97. The molecule has 6 nitrogen and oxygen atoms in total. The molecule has 2 heterocycles. The highest BCUT2D eigenvalue weighted by Crippen LogP contribution is 2.28. The van der Waals surface area contributed by atoms with Gasteiger partial charge in [0.15, 0.2) is 0 Å². The number of nitrogens with zero attached hydrogens (tertiary/aromatic N) is 3. The summed E-state index contributed by atoms with van der Waals surface area (Å²) < 4.78 is 5.36. The molecule has 1 aliphatic heterocycles. The molecule has 0 saturated carbocycles. The van der Waals surface area contributed by atoms with E-state index < -0.39 is 0 Å². The topological polar surface area (TPSA) is 67.3 Å². The summed E-state index contributed by atoms with van der Waals surface area (Å²) >= 11 is 0. The fraction of sp³-hybridized carbons (Fsp3) is 0.389. The van der Waals surface area contributed by atoms with Crippen LogP contribution in [-0.4, -0.2) is 41.0 Å². The lowest BCUT2D eigenvalue weighted by molar-refractivity contribution is 0.0718. The Morgan fingerprint density at radius 1 is 1.17 bits per heavy atom. The molecule has 1 amide bonds. The average molecular weight is 326 g/mol. The fourth-order valence-corrected chi connectivity index (χ4v) is 2.86. The first-order valence-corrected chi connectivity index (χ1v) is 8.20. The maximum absolute atomic E-state index is 12.6. The molecular formula is C18H22N4O2. The van der Waals surface area contributed by atoms with Gasteiger partial charge in [-0.3, -0.25) is 4.79 Å². The number of amides is 1. The van der Waals surface area contributed by atoms with E-state index in [1.54, 1.807) is 13.2 Å². The minimum atomic E-state index is -0.0312. The number of piperidine rings is 1. The predicted octanol–water partition coefficient (Wildman–Crippen LogP) is 3.16. The molecule has 1 N–H and O–H groups in total. The van der Waals surface area contributed by atoms with Gasteiger partial charge in [-0.2, -0.15) is 0 Å². The van der Waals surface area contributed by atoms with Crippen molar-refractivity contribution in [1.82, 2.24) is 14.9 Å². The summed E-state index contributed by atoms with van der Waals surface area (Å²) in [5, 5.41) is 3.22. The summed E-state index contributed by atoms with van der Waals surface area (Å²) in [6, 6.07) is 7.56. The molecule has 1 aliphatic rings. The van der Waals surface area contributed by atoms with Crippen LogP contribution in [0.25, 0.3) is 0 Å². The van der Waals surface area contributed by atoms with Gasteiger partial charge in [0, 0.05) is 19.2 Å². The van der Waals surface area contributed by atoms with Crippen LogP contribution in [0.1, 0.15) is 35.3 Å². The van der Waals surface area contributed by atoms with Gasteiger partial charge < -0.3 is 15.0 Å². The predicted molar refractivity (Wildman–Crippen MR) is 92.8 cm³/mol. The summed E-state index contributed by atoms with van der Waals surface area (Å²) in [5.74, 6) is 1.27. The monoisotopic (exact) mass is 326 g/mol. The smallest absolute Gasteiger partial charge is 0.272 e. The minimum Gasteiger partial charge on any atom is -0.495 e. The van der Waals surface area contributed by atoms with Crippen LogP contribution in [0, 0.1) is 6.92 Å². The van der Waals surface area contributed by atoms with E-state index in [0.29, 0.717) is 11.5 Å². The van der Waals surface area contributed by atoms with Gasteiger partial charge in [0.25, 0.3) is 5.91 Å². The van der Waals surface area contributed by atoms with Crippen LogP contribution in [0.5, 0.6) is 5.75 Å². The standard InChI is InChI=1S/C18H22N4O2/c1-13-6-7-16(24-2)14(10-13)21-17-11-15(19-12-20-17)18(23)22-8-4-3-5-9-22/h6-7,10-12H,3-5,8-9H2,1-2H3,(H,19,20,21). The summed E-state index contributed by atoms with van der Waals surface area (Å²) in [6.07, 6.45) is 4.72. The van der Waals surface area contributed by atoms with E-state index in [4.69, 9.17) is 4.74 Å². The summed E-state index contributed by atoms with van der Waals surface area (Å²) in [4.78, 5) is 22.8. The highest BCUT2D eigenvalue weighted by molar-refractivity contribution is 5.93. The van der Waals surface area contributed by atoms with Crippen molar-refractivity contribution >= 4 is 17.4 Å². The average Bonchev–Trinajstić information content (AvgIpc) is 2.62. The van der Waals surface area contributed by atoms with Crippen molar-refractivity contribution in [3.63, 3.8) is 0 Å². The first kappa shape index (κ1) is 16.2. The molecule has 0 aliphatic carbocycles. The SMILES string of the molecule is COc1ccc(C)cc1Nc1cc(C(=O)N2CCCCC2)ncn1. The van der Waals surface area contributed by atoms with E-state index in [1.807, 2.05) is 30.0 Å². The number of methoxy groups -OCH3 is 1. The Morgan fingerprint density at radius 3 is 2.71 bits per heavy atom. The molecule has 0 bridgehead atoms. The molecule has 24 heavy (non-hydrogen) atoms. The van der Waals surface area contributed by atoms with Crippen LogP contribution < -0.4 is 10.1 Å². The van der Waals surface area contributed by atoms with Crippen molar-refractivity contribution in [2.24, 2.45) is 0 Å². The normalized spacial score (nSPS) is 14.3. The van der Waals surface area contributed by atoms with E-state index in [9.17, 15) is 4.79 Å². The van der Waals surface area contributed by atoms with Crippen molar-refractivity contribution in [1.29, 1.82) is 0 Å². The molecule has 3 rings (SSSR count). The van der Waals surface area contributed by atoms with Crippen molar-refractivity contribution in [2.45, 2.75) is 26.2 Å². The fourth-order valence-electron chi connectivity index (χ4n) is 2.86. The molecule has 2 aromatic rings. The number of carbonyl (C=O) groups excluding carboxylic acids is 1. The molecule has 126 valence electrons. The van der Waals surface area contributed by atoms with E-state index in [2.05, 4.69) is 15.3 Å². The lowest BCUT2D eigenvalue weighted by Crippen LogP contribution is -2.36. The first-order valence-electron chi connectivity index (χ1n) is 8.20. The van der Waals surface area contributed by atoms with Crippen LogP contribution in [0.2, 0.25) is 0 Å². The van der Waals surface area contributed by atoms with Gasteiger partial charge in [-0.15, -0.1) is 0 Å². The third-order valence-electron chi connectivity index (χ3n) is 4.15. The zero-order valence-corrected chi connectivity index (χ0v) is 14.1. The van der Waals surface area contributed by atoms with Crippen LogP contribution in [0.15, 0.2) is 30.6 Å². The molecule has 0 atom stereocenters. The van der Waals surface area contributed by atoms with E-state index >= 15 is 0 Å². The Hall–Kier alpha value is -2.63. The number of rotatable bonds is 4. The number of anilines is 2. The van der Waals surface area contributed by atoms with E-state index in [0.717, 1.165) is 42.9 Å². The maximum atomic E-state index is 12.6. The van der Waals surface area contributed by atoms with Crippen LogP contribution in [-0.2, 0) is 0 Å². The van der Waals surface area contributed by atoms with E-state index in [1.165, 1.54) is 12.7 Å². The van der Waals surface area contributed by atoms with Crippen molar-refractivity contribution in [3.05, 3.63) is 41.9 Å². The molecular weight excluding hydrogens is 304 g/mol. The number of ether oxygens (including phenoxy) is 1. The van der Waals surface area contributed by atoms with Crippen molar-refractivity contribution in [3.8, 4) is 5.75 Å². The third-order valence-corrected chi connectivity index (χ3v) is 4.15. The lowest BCUT2D eigenvalue weighted by atomic mass is 10.1. The Bertz CT molecular complexity index is 727. The number of carbonyl (C=O) groups is 1. The van der Waals surface area contributed by atoms with Crippen LogP contribution in [0.3, 0.4) is 0 Å². The molecule has 0 radical (unpaired) electrons. The molecule has 1 aromatic carbocycles. The van der Waals surface area contributed by atoms with Gasteiger partial charge in [-0.25, -0.2) is 9.97 Å². The van der Waals surface area contributed by atoms with Gasteiger partial charge in [0.2, 0.25) is 0 Å². The molecule has 1 fully saturated rings. The third kappa shape index (κ3) is 3.64. The van der Waals surface area contributed by atoms with Crippen LogP contribution in [0.4, 0.5) is 11.5 Å². The number of benzene rings is 1. The highest BCUT2D eigenvalue weighted by atomic mass is 16.5. The number of nitrogens with one attached hydrogen (secondary N) is 1. The summed E-state index contributed by atoms with van der Waals surface area (Å²) in [5.41, 5.74) is 2.34. The minimum absolute atomic E-state index is 0.0312. The molecule has 0 spiro atoms. The van der Waals surface area contributed by atoms with Crippen LogP contribution >= 0.6 is 0 Å². The first-order chi connectivity index (χ1) is 11.7. The Labute approximate surface area is 141 Å².